The van der Waals surface area contributed by atoms with Crippen LogP contribution in [0.4, 0.5) is 10.5 Å². The van der Waals surface area contributed by atoms with Crippen LogP contribution in [0.2, 0.25) is 10.0 Å². The molecule has 0 spiro atoms. The zero-order valence-corrected chi connectivity index (χ0v) is 24.0. The van der Waals surface area contributed by atoms with E-state index in [4.69, 9.17) is 37.1 Å². The van der Waals surface area contributed by atoms with E-state index in [9.17, 15) is 19.2 Å². The van der Waals surface area contributed by atoms with Crippen LogP contribution in [0, 0.1) is 0 Å². The molecule has 2 aromatic carbocycles. The van der Waals surface area contributed by atoms with E-state index in [1.165, 1.54) is 38.5 Å². The van der Waals surface area contributed by atoms with E-state index in [0.29, 0.717) is 20.7 Å². The quantitative estimate of drug-likeness (QED) is 0.182. The number of nitrogens with zero attached hydrogens (tertiary/aromatic N) is 1. The highest BCUT2D eigenvalue weighted by molar-refractivity contribution is 9.10. The van der Waals surface area contributed by atoms with Gasteiger partial charge in [-0.2, -0.15) is 0 Å². The molecular weight excluding hydrogens is 633 g/mol. The van der Waals surface area contributed by atoms with Crippen molar-refractivity contribution in [2.45, 2.75) is 6.54 Å². The van der Waals surface area contributed by atoms with Crippen LogP contribution < -0.4 is 20.1 Å². The van der Waals surface area contributed by atoms with Gasteiger partial charge in [0, 0.05) is 15.2 Å². The van der Waals surface area contributed by atoms with Gasteiger partial charge in [-0.15, -0.1) is 0 Å². The molecule has 1 saturated heterocycles. The summed E-state index contributed by atoms with van der Waals surface area (Å²) in [5.41, 5.74) is 0.878. The smallest absolute Gasteiger partial charge is 0.373 e. The first-order valence-electron chi connectivity index (χ1n) is 11.4. The highest BCUT2D eigenvalue weighted by Gasteiger charge is 2.35. The maximum Gasteiger partial charge on any atom is 0.373 e. The summed E-state index contributed by atoms with van der Waals surface area (Å²) >= 11 is 15.7. The molecule has 4 rings (SSSR count). The molecule has 2 heterocycles. The number of halogens is 3. The normalized spacial score (nSPS) is 13.8. The highest BCUT2D eigenvalue weighted by Crippen LogP contribution is 2.43. The number of methoxy groups -OCH3 is 2. The molecule has 11 nitrogen and oxygen atoms in total. The van der Waals surface area contributed by atoms with Crippen LogP contribution in [-0.2, 0) is 20.9 Å². The van der Waals surface area contributed by atoms with Crippen LogP contribution in [0.3, 0.4) is 0 Å². The third-order valence-corrected chi connectivity index (χ3v) is 7.17. The van der Waals surface area contributed by atoms with Gasteiger partial charge >= 0.3 is 12.0 Å². The third kappa shape index (κ3) is 6.41. The van der Waals surface area contributed by atoms with Gasteiger partial charge in [-0.1, -0.05) is 23.2 Å². The number of benzene rings is 2. The summed E-state index contributed by atoms with van der Waals surface area (Å²) in [5.74, 6) is -1.35. The summed E-state index contributed by atoms with van der Waals surface area (Å²) in [6, 6.07) is 10.2. The summed E-state index contributed by atoms with van der Waals surface area (Å²) in [6.07, 6.45) is 1.40. The standard InChI is InChI=1S/C26H20BrCl2N3O8/c1-37-19-10-13(21(27)22(29)23(19)39-12-20(33)30-15-5-3-14(28)4-6-15)9-17-24(34)32(26(36)31-17)11-16-7-8-18(40-16)25(35)38-2/h3-10H,11-12H2,1-2H3,(H,30,33)(H,31,36)/b17-9-. The van der Waals surface area contributed by atoms with E-state index in [0.717, 1.165) is 4.90 Å². The molecule has 0 aliphatic carbocycles. The summed E-state index contributed by atoms with van der Waals surface area (Å²) in [6.45, 7) is -0.589. The SMILES string of the molecule is COC(=O)c1ccc(CN2C(=O)N/C(=C\c3cc(OC)c(OCC(=O)Nc4ccc(Cl)cc4)c(Cl)c3Br)C2=O)o1. The zero-order valence-electron chi connectivity index (χ0n) is 20.9. The molecule has 208 valence electrons. The average Bonchev–Trinajstić information content (AvgIpc) is 3.51. The van der Waals surface area contributed by atoms with Crippen LogP contribution in [0.15, 0.2) is 57.1 Å². The first kappa shape index (κ1) is 29.0. The number of urea groups is 1. The van der Waals surface area contributed by atoms with Gasteiger partial charge in [-0.25, -0.2) is 9.59 Å². The van der Waals surface area contributed by atoms with Crippen LogP contribution in [0.25, 0.3) is 6.08 Å². The second kappa shape index (κ2) is 12.5. The van der Waals surface area contributed by atoms with Crippen molar-refractivity contribution in [3.05, 3.63) is 79.8 Å². The predicted octanol–water partition coefficient (Wildman–Crippen LogP) is 5.25. The lowest BCUT2D eigenvalue weighted by Crippen LogP contribution is -2.30. The van der Waals surface area contributed by atoms with Crippen molar-refractivity contribution in [3.63, 3.8) is 0 Å². The number of carbonyl (C=O) groups excluding carboxylic acids is 4. The summed E-state index contributed by atoms with van der Waals surface area (Å²) in [4.78, 5) is 50.3. The number of hydrogen-bond acceptors (Lipinski definition) is 8. The molecule has 1 aliphatic rings. The molecule has 2 N–H and O–H groups in total. The molecule has 0 radical (unpaired) electrons. The van der Waals surface area contributed by atoms with Crippen molar-refractivity contribution in [3.8, 4) is 11.5 Å². The van der Waals surface area contributed by atoms with Gasteiger partial charge < -0.3 is 29.3 Å². The summed E-state index contributed by atoms with van der Waals surface area (Å²) in [5, 5.41) is 5.77. The van der Waals surface area contributed by atoms with Crippen LogP contribution in [0.1, 0.15) is 21.9 Å². The van der Waals surface area contributed by atoms with Gasteiger partial charge in [0.25, 0.3) is 11.8 Å². The van der Waals surface area contributed by atoms with Crippen molar-refractivity contribution in [2.24, 2.45) is 0 Å². The van der Waals surface area contributed by atoms with E-state index in [2.05, 4.69) is 31.3 Å². The minimum Gasteiger partial charge on any atom is -0.493 e. The molecule has 0 bridgehead atoms. The number of esters is 1. The molecule has 0 unspecified atom stereocenters. The first-order valence-corrected chi connectivity index (χ1v) is 12.9. The Kier molecular flexibility index (Phi) is 9.03. The Morgan fingerprint density at radius 2 is 1.85 bits per heavy atom. The monoisotopic (exact) mass is 651 g/mol. The maximum atomic E-state index is 13.0. The first-order chi connectivity index (χ1) is 19.1. The maximum absolute atomic E-state index is 13.0. The largest absolute Gasteiger partial charge is 0.493 e. The molecule has 1 aromatic heterocycles. The Bertz CT molecular complexity index is 1520. The molecule has 3 aromatic rings. The van der Waals surface area contributed by atoms with Gasteiger partial charge in [0.05, 0.1) is 20.8 Å². The Morgan fingerprint density at radius 3 is 2.52 bits per heavy atom. The van der Waals surface area contributed by atoms with Gasteiger partial charge in [0.15, 0.2) is 18.1 Å². The Balaban J connectivity index is 1.49. The van der Waals surface area contributed by atoms with Crippen molar-refractivity contribution in [1.29, 1.82) is 0 Å². The minimum absolute atomic E-state index is 0.0421. The number of anilines is 1. The molecule has 0 saturated carbocycles. The molecule has 1 fully saturated rings. The van der Waals surface area contributed by atoms with Crippen molar-refractivity contribution in [2.75, 3.05) is 26.1 Å². The molecular formula is C26H20BrCl2N3O8. The van der Waals surface area contributed by atoms with Crippen molar-refractivity contribution in [1.82, 2.24) is 10.2 Å². The Labute approximate surface area is 246 Å². The van der Waals surface area contributed by atoms with E-state index >= 15 is 0 Å². The fraction of sp³-hybridized carbons (Fsp3) is 0.154. The lowest BCUT2D eigenvalue weighted by Gasteiger charge is -2.15. The third-order valence-electron chi connectivity index (χ3n) is 5.48. The summed E-state index contributed by atoms with van der Waals surface area (Å²) < 4.78 is 21.3. The number of hydrogen-bond donors (Lipinski definition) is 2. The van der Waals surface area contributed by atoms with Gasteiger partial charge in [-0.05, 0) is 70.0 Å². The van der Waals surface area contributed by atoms with E-state index < -0.39 is 23.8 Å². The fourth-order valence-electron chi connectivity index (χ4n) is 3.56. The minimum atomic E-state index is -0.687. The van der Waals surface area contributed by atoms with Crippen molar-refractivity contribution >= 4 is 74.7 Å². The predicted molar refractivity (Wildman–Crippen MR) is 148 cm³/mol. The molecule has 4 amide bonds. The highest BCUT2D eigenvalue weighted by atomic mass is 79.9. The Morgan fingerprint density at radius 1 is 1.12 bits per heavy atom. The molecule has 14 heteroatoms. The van der Waals surface area contributed by atoms with Crippen molar-refractivity contribution < 1.29 is 37.8 Å². The topological polar surface area (TPSA) is 136 Å². The zero-order chi connectivity index (χ0) is 29.0. The second-order valence-electron chi connectivity index (χ2n) is 8.11. The van der Waals surface area contributed by atoms with Gasteiger partial charge in [0.1, 0.15) is 16.5 Å². The number of amides is 4. The number of furan rings is 1. The lowest BCUT2D eigenvalue weighted by molar-refractivity contribution is -0.123. The molecule has 40 heavy (non-hydrogen) atoms. The lowest BCUT2D eigenvalue weighted by atomic mass is 10.1. The van der Waals surface area contributed by atoms with E-state index in [1.807, 2.05) is 0 Å². The summed E-state index contributed by atoms with van der Waals surface area (Å²) in [7, 11) is 2.59. The Hall–Kier alpha value is -4.00. The van der Waals surface area contributed by atoms with E-state index in [1.54, 1.807) is 24.3 Å². The second-order valence-corrected chi connectivity index (χ2v) is 9.71. The number of ether oxygens (including phenoxy) is 3. The van der Waals surface area contributed by atoms with E-state index in [-0.39, 0.29) is 46.9 Å². The number of imide groups is 1. The average molecular weight is 653 g/mol. The molecule has 0 atom stereocenters. The van der Waals surface area contributed by atoms with Gasteiger partial charge in [0.2, 0.25) is 5.76 Å². The number of nitrogens with one attached hydrogen (secondary N) is 2. The van der Waals surface area contributed by atoms with Crippen LogP contribution in [-0.4, -0.2) is 49.5 Å². The number of rotatable bonds is 9. The fourth-order valence-corrected chi connectivity index (χ4v) is 4.36. The number of carbonyl (C=O) groups is 4. The van der Waals surface area contributed by atoms with Crippen LogP contribution >= 0.6 is 39.1 Å². The van der Waals surface area contributed by atoms with Crippen LogP contribution in [0.5, 0.6) is 11.5 Å². The molecule has 1 aliphatic heterocycles. The van der Waals surface area contributed by atoms with Gasteiger partial charge in [-0.3, -0.25) is 14.5 Å².